The van der Waals surface area contributed by atoms with Crippen LogP contribution in [0.4, 0.5) is 0 Å². The fraction of sp³-hybridized carbons (Fsp3) is 0.263. The van der Waals surface area contributed by atoms with E-state index in [0.29, 0.717) is 18.1 Å². The second kappa shape index (κ2) is 9.25. The lowest BCUT2D eigenvalue weighted by atomic mass is 10.0. The lowest BCUT2D eigenvalue weighted by Gasteiger charge is -2.24. The number of halogens is 2. The molecule has 1 atom stereocenters. The highest BCUT2D eigenvalue weighted by Crippen LogP contribution is 2.19. The number of hydrogen-bond acceptors (Lipinski definition) is 6. The monoisotopic (exact) mass is 419 g/mol. The van der Waals surface area contributed by atoms with Crippen molar-refractivity contribution in [3.05, 3.63) is 70.9 Å². The van der Waals surface area contributed by atoms with Gasteiger partial charge in [-0.25, -0.2) is 9.67 Å². The molecule has 28 heavy (non-hydrogen) atoms. The zero-order chi connectivity index (χ0) is 18.6. The Hall–Kier alpha value is -2.32. The van der Waals surface area contributed by atoms with Gasteiger partial charge in [0.25, 0.3) is 0 Å². The Morgan fingerprint density at radius 2 is 2.07 bits per heavy atom. The molecule has 1 saturated heterocycles. The van der Waals surface area contributed by atoms with E-state index in [1.165, 1.54) is 17.1 Å². The summed E-state index contributed by atoms with van der Waals surface area (Å²) >= 11 is 5.85. The number of carbonyl (C=O) groups excluding carboxylic acids is 1. The van der Waals surface area contributed by atoms with Crippen LogP contribution in [-0.2, 0) is 11.2 Å². The number of morpholine rings is 1. The number of benzene rings is 1. The van der Waals surface area contributed by atoms with E-state index in [4.69, 9.17) is 16.3 Å². The summed E-state index contributed by atoms with van der Waals surface area (Å²) in [6.07, 6.45) is 5.00. The van der Waals surface area contributed by atoms with Gasteiger partial charge in [-0.05, 0) is 17.2 Å². The highest BCUT2D eigenvalue weighted by molar-refractivity contribution is 6.29. The summed E-state index contributed by atoms with van der Waals surface area (Å²) in [6, 6.07) is 9.62. The largest absolute Gasteiger partial charge is 0.371 e. The van der Waals surface area contributed by atoms with Crippen molar-refractivity contribution >= 4 is 29.8 Å². The molecule has 0 aliphatic carbocycles. The third-order valence-corrected chi connectivity index (χ3v) is 4.53. The minimum atomic E-state index is -0.0629. The molecule has 1 aliphatic rings. The summed E-state index contributed by atoms with van der Waals surface area (Å²) in [6.45, 7) is 2.41. The van der Waals surface area contributed by atoms with Crippen LogP contribution >= 0.6 is 24.0 Å². The van der Waals surface area contributed by atoms with Crippen LogP contribution in [0.5, 0.6) is 0 Å². The van der Waals surface area contributed by atoms with Crippen molar-refractivity contribution in [2.45, 2.75) is 12.5 Å². The smallest absolute Gasteiger partial charge is 0.187 e. The number of Topliss-reactive ketones (excluding diaryl/α,β-unsaturated/α-hetero) is 1. The van der Waals surface area contributed by atoms with Crippen LogP contribution in [0.2, 0.25) is 5.15 Å². The maximum atomic E-state index is 12.5. The molecule has 0 radical (unpaired) electrons. The van der Waals surface area contributed by atoms with Crippen LogP contribution in [0.15, 0.2) is 48.9 Å². The minimum Gasteiger partial charge on any atom is -0.371 e. The normalized spacial score (nSPS) is 16.4. The number of ether oxygens (including phenoxy) is 1. The Bertz CT molecular complexity index is 940. The van der Waals surface area contributed by atoms with E-state index in [9.17, 15) is 4.79 Å². The Labute approximate surface area is 173 Å². The Balaban J connectivity index is 0.00000225. The summed E-state index contributed by atoms with van der Waals surface area (Å²) in [4.78, 5) is 20.6. The quantitative estimate of drug-likeness (QED) is 0.640. The SMILES string of the molecule is Cl.O=C(Cc1ccc([C@H]2CNCCO2)cc1)c1ccn(-c2cncc(Cl)n2)n1. The van der Waals surface area contributed by atoms with Crippen LogP contribution in [0.25, 0.3) is 5.82 Å². The number of carbonyl (C=O) groups is 1. The number of ketones is 1. The predicted octanol–water partition coefficient (Wildman–Crippen LogP) is 2.82. The van der Waals surface area contributed by atoms with Gasteiger partial charge in [-0.3, -0.25) is 9.78 Å². The standard InChI is InChI=1S/C19H18ClN5O2.ClH/c20-18-11-22-12-19(23-18)25-7-5-15(24-25)16(26)9-13-1-3-14(4-2-13)17-10-21-6-8-27-17;/h1-5,7,11-12,17,21H,6,8-10H2;1H/t17-;/m1./s1. The van der Waals surface area contributed by atoms with Gasteiger partial charge in [0.1, 0.15) is 10.8 Å². The first-order valence-corrected chi connectivity index (χ1v) is 9.05. The molecule has 2 aromatic heterocycles. The molecule has 0 bridgehead atoms. The van der Waals surface area contributed by atoms with Crippen LogP contribution in [0, 0.1) is 0 Å². The molecular weight excluding hydrogens is 401 g/mol. The van der Waals surface area contributed by atoms with Gasteiger partial charge in [0.15, 0.2) is 11.6 Å². The molecule has 1 fully saturated rings. The molecule has 0 saturated carbocycles. The van der Waals surface area contributed by atoms with Crippen molar-refractivity contribution in [1.82, 2.24) is 25.1 Å². The van der Waals surface area contributed by atoms with Crippen molar-refractivity contribution in [2.75, 3.05) is 19.7 Å². The van der Waals surface area contributed by atoms with Crippen LogP contribution < -0.4 is 5.32 Å². The zero-order valence-corrected chi connectivity index (χ0v) is 16.5. The topological polar surface area (TPSA) is 81.9 Å². The van der Waals surface area contributed by atoms with Crippen molar-refractivity contribution in [2.24, 2.45) is 0 Å². The van der Waals surface area contributed by atoms with E-state index in [1.807, 2.05) is 24.3 Å². The number of nitrogens with one attached hydrogen (secondary N) is 1. The first kappa shape index (κ1) is 20.4. The average Bonchev–Trinajstić information content (AvgIpc) is 3.20. The van der Waals surface area contributed by atoms with Gasteiger partial charge in [0.2, 0.25) is 0 Å². The van der Waals surface area contributed by atoms with E-state index < -0.39 is 0 Å². The van der Waals surface area contributed by atoms with Crippen LogP contribution in [-0.4, -0.2) is 45.2 Å². The first-order chi connectivity index (χ1) is 13.2. The highest BCUT2D eigenvalue weighted by atomic mass is 35.5. The molecule has 9 heteroatoms. The van der Waals surface area contributed by atoms with Gasteiger partial charge in [-0.15, -0.1) is 12.4 Å². The molecule has 4 rings (SSSR count). The Morgan fingerprint density at radius 1 is 1.25 bits per heavy atom. The lowest BCUT2D eigenvalue weighted by Crippen LogP contribution is -2.33. The molecule has 146 valence electrons. The molecular formula is C19H19Cl2N5O2. The lowest BCUT2D eigenvalue weighted by molar-refractivity contribution is 0.0277. The summed E-state index contributed by atoms with van der Waals surface area (Å²) in [5.74, 6) is 0.402. The van der Waals surface area contributed by atoms with E-state index in [1.54, 1.807) is 12.3 Å². The minimum absolute atomic E-state index is 0. The van der Waals surface area contributed by atoms with Gasteiger partial charge < -0.3 is 10.1 Å². The van der Waals surface area contributed by atoms with E-state index in [2.05, 4.69) is 20.4 Å². The molecule has 7 nitrogen and oxygen atoms in total. The Kier molecular flexibility index (Phi) is 6.74. The van der Waals surface area contributed by atoms with Crippen LogP contribution in [0.1, 0.15) is 27.7 Å². The fourth-order valence-corrected chi connectivity index (χ4v) is 3.09. The number of rotatable bonds is 5. The molecule has 0 spiro atoms. The van der Waals surface area contributed by atoms with E-state index >= 15 is 0 Å². The molecule has 1 aromatic carbocycles. The van der Waals surface area contributed by atoms with Crippen molar-refractivity contribution in [1.29, 1.82) is 0 Å². The van der Waals surface area contributed by atoms with Gasteiger partial charge in [0, 0.05) is 25.7 Å². The Morgan fingerprint density at radius 3 is 2.79 bits per heavy atom. The van der Waals surface area contributed by atoms with Crippen molar-refractivity contribution in [3.63, 3.8) is 0 Å². The maximum Gasteiger partial charge on any atom is 0.187 e. The number of hydrogen-bond donors (Lipinski definition) is 1. The summed E-state index contributed by atoms with van der Waals surface area (Å²) in [7, 11) is 0. The average molecular weight is 420 g/mol. The third kappa shape index (κ3) is 4.74. The molecule has 0 unspecified atom stereocenters. The molecule has 3 aromatic rings. The van der Waals surface area contributed by atoms with Gasteiger partial charge in [-0.1, -0.05) is 35.9 Å². The maximum absolute atomic E-state index is 12.5. The predicted molar refractivity (Wildman–Crippen MR) is 107 cm³/mol. The molecule has 1 N–H and O–H groups in total. The summed E-state index contributed by atoms with van der Waals surface area (Å²) < 4.78 is 7.23. The molecule has 3 heterocycles. The van der Waals surface area contributed by atoms with Crippen molar-refractivity contribution < 1.29 is 9.53 Å². The van der Waals surface area contributed by atoms with Crippen LogP contribution in [0.3, 0.4) is 0 Å². The molecule has 0 amide bonds. The molecule has 1 aliphatic heterocycles. The first-order valence-electron chi connectivity index (χ1n) is 8.67. The number of aromatic nitrogens is 4. The second-order valence-electron chi connectivity index (χ2n) is 6.25. The van der Waals surface area contributed by atoms with E-state index in [-0.39, 0.29) is 35.9 Å². The van der Waals surface area contributed by atoms with Crippen molar-refractivity contribution in [3.8, 4) is 5.82 Å². The van der Waals surface area contributed by atoms with Gasteiger partial charge >= 0.3 is 0 Å². The zero-order valence-electron chi connectivity index (χ0n) is 14.9. The summed E-state index contributed by atoms with van der Waals surface area (Å²) in [5.41, 5.74) is 2.42. The van der Waals surface area contributed by atoms with Gasteiger partial charge in [0.05, 0.1) is 25.1 Å². The highest BCUT2D eigenvalue weighted by Gasteiger charge is 2.16. The number of nitrogens with zero attached hydrogens (tertiary/aromatic N) is 4. The second-order valence-corrected chi connectivity index (χ2v) is 6.64. The van der Waals surface area contributed by atoms with Gasteiger partial charge in [-0.2, -0.15) is 5.10 Å². The van der Waals surface area contributed by atoms with E-state index in [0.717, 1.165) is 24.2 Å². The fourth-order valence-electron chi connectivity index (χ4n) is 2.95. The third-order valence-electron chi connectivity index (χ3n) is 4.35. The summed E-state index contributed by atoms with van der Waals surface area (Å²) in [5, 5.41) is 7.87.